The van der Waals surface area contributed by atoms with Crippen LogP contribution in [0.5, 0.6) is 0 Å². The maximum absolute atomic E-state index is 13.4. The van der Waals surface area contributed by atoms with Crippen molar-refractivity contribution in [3.05, 3.63) is 29.3 Å². The monoisotopic (exact) mass is 286 g/mol. The average Bonchev–Trinajstić information content (AvgIpc) is 2.34. The molecule has 110 valence electrons. The average molecular weight is 286 g/mol. The number of nitrogens with one attached hydrogen (secondary N) is 3. The molecule has 1 aromatic rings. The SMILES string of the molecule is CC(C)NC(=O)CNC(=O)c1cc(F)c(NN)c(F)c1. The van der Waals surface area contributed by atoms with E-state index < -0.39 is 29.1 Å². The molecule has 1 rings (SSSR count). The summed E-state index contributed by atoms with van der Waals surface area (Å²) < 4.78 is 26.8. The fraction of sp³-hybridized carbons (Fsp3) is 0.333. The van der Waals surface area contributed by atoms with Gasteiger partial charge >= 0.3 is 0 Å². The van der Waals surface area contributed by atoms with Gasteiger partial charge in [0.2, 0.25) is 5.91 Å². The molecule has 0 radical (unpaired) electrons. The zero-order chi connectivity index (χ0) is 15.3. The van der Waals surface area contributed by atoms with Crippen LogP contribution < -0.4 is 21.9 Å². The zero-order valence-electron chi connectivity index (χ0n) is 11.1. The van der Waals surface area contributed by atoms with Crippen molar-refractivity contribution in [2.24, 2.45) is 5.84 Å². The Hall–Kier alpha value is -2.22. The molecular weight excluding hydrogens is 270 g/mol. The molecule has 0 heterocycles. The summed E-state index contributed by atoms with van der Waals surface area (Å²) in [6.45, 7) is 3.25. The van der Waals surface area contributed by atoms with Crippen molar-refractivity contribution in [3.63, 3.8) is 0 Å². The number of hydrogen-bond acceptors (Lipinski definition) is 4. The van der Waals surface area contributed by atoms with E-state index in [1.54, 1.807) is 13.8 Å². The van der Waals surface area contributed by atoms with Crippen molar-refractivity contribution in [2.75, 3.05) is 12.0 Å². The Kier molecular flexibility index (Phi) is 5.39. The Bertz CT molecular complexity index is 497. The molecule has 5 N–H and O–H groups in total. The van der Waals surface area contributed by atoms with Gasteiger partial charge in [0.15, 0.2) is 11.6 Å². The second-order valence-electron chi connectivity index (χ2n) is 4.36. The lowest BCUT2D eigenvalue weighted by Crippen LogP contribution is -2.39. The second kappa shape index (κ2) is 6.80. The lowest BCUT2D eigenvalue weighted by Gasteiger charge is -2.10. The Balaban J connectivity index is 2.71. The van der Waals surface area contributed by atoms with Crippen LogP contribution in [0.25, 0.3) is 0 Å². The number of carbonyl (C=O) groups is 2. The standard InChI is InChI=1S/C12H16F2N4O2/c1-6(2)17-10(19)5-16-12(20)7-3-8(13)11(18-15)9(14)4-7/h3-4,6,18H,5,15H2,1-2H3,(H,16,20)(H,17,19). The first-order valence-electron chi connectivity index (χ1n) is 5.88. The van der Waals surface area contributed by atoms with Gasteiger partial charge in [-0.25, -0.2) is 8.78 Å². The van der Waals surface area contributed by atoms with E-state index >= 15 is 0 Å². The van der Waals surface area contributed by atoms with Gasteiger partial charge < -0.3 is 16.1 Å². The Morgan fingerprint density at radius 2 is 1.80 bits per heavy atom. The van der Waals surface area contributed by atoms with E-state index in [0.717, 1.165) is 12.1 Å². The zero-order valence-corrected chi connectivity index (χ0v) is 11.1. The predicted octanol–water partition coefficient (Wildman–Crippen LogP) is 0.505. The van der Waals surface area contributed by atoms with Gasteiger partial charge in [0.05, 0.1) is 6.54 Å². The molecule has 2 amide bonds. The summed E-state index contributed by atoms with van der Waals surface area (Å²) in [4.78, 5) is 23.0. The number of carbonyl (C=O) groups excluding carboxylic acids is 2. The van der Waals surface area contributed by atoms with Gasteiger partial charge in [0.1, 0.15) is 5.69 Å². The summed E-state index contributed by atoms with van der Waals surface area (Å²) in [6, 6.07) is 1.59. The van der Waals surface area contributed by atoms with Crippen molar-refractivity contribution >= 4 is 17.5 Å². The first-order valence-corrected chi connectivity index (χ1v) is 5.88. The third kappa shape index (κ3) is 4.16. The Morgan fingerprint density at radius 1 is 1.25 bits per heavy atom. The van der Waals surface area contributed by atoms with Gasteiger partial charge in [-0.15, -0.1) is 0 Å². The number of halogens is 2. The minimum atomic E-state index is -0.996. The number of anilines is 1. The van der Waals surface area contributed by atoms with Crippen LogP contribution in [-0.2, 0) is 4.79 Å². The number of hydrazine groups is 1. The molecule has 0 aliphatic rings. The van der Waals surface area contributed by atoms with Gasteiger partial charge in [-0.05, 0) is 26.0 Å². The summed E-state index contributed by atoms with van der Waals surface area (Å²) >= 11 is 0. The molecule has 0 aromatic heterocycles. The smallest absolute Gasteiger partial charge is 0.251 e. The highest BCUT2D eigenvalue weighted by Gasteiger charge is 2.15. The van der Waals surface area contributed by atoms with Crippen molar-refractivity contribution in [2.45, 2.75) is 19.9 Å². The van der Waals surface area contributed by atoms with E-state index in [4.69, 9.17) is 5.84 Å². The number of hydrogen-bond donors (Lipinski definition) is 4. The van der Waals surface area contributed by atoms with Gasteiger partial charge in [-0.2, -0.15) is 0 Å². The summed E-state index contributed by atoms with van der Waals surface area (Å²) in [7, 11) is 0. The molecule has 0 saturated carbocycles. The van der Waals surface area contributed by atoms with E-state index in [1.165, 1.54) is 0 Å². The fourth-order valence-corrected chi connectivity index (χ4v) is 1.48. The predicted molar refractivity (Wildman–Crippen MR) is 69.8 cm³/mol. The van der Waals surface area contributed by atoms with Crippen LogP contribution in [0.2, 0.25) is 0 Å². The Labute approximate surface area is 114 Å². The van der Waals surface area contributed by atoms with Gasteiger partial charge in [0.25, 0.3) is 5.91 Å². The number of amides is 2. The molecule has 0 unspecified atom stereocenters. The first-order chi connectivity index (χ1) is 9.35. The Morgan fingerprint density at radius 3 is 2.25 bits per heavy atom. The lowest BCUT2D eigenvalue weighted by atomic mass is 10.1. The highest BCUT2D eigenvalue weighted by atomic mass is 19.1. The number of rotatable bonds is 5. The molecule has 20 heavy (non-hydrogen) atoms. The molecular formula is C12H16F2N4O2. The van der Waals surface area contributed by atoms with E-state index in [2.05, 4.69) is 10.6 Å². The van der Waals surface area contributed by atoms with Gasteiger partial charge in [-0.1, -0.05) is 0 Å². The maximum Gasteiger partial charge on any atom is 0.251 e. The van der Waals surface area contributed by atoms with Crippen molar-refractivity contribution < 1.29 is 18.4 Å². The quantitative estimate of drug-likeness (QED) is 0.468. The minimum absolute atomic E-state index is 0.0656. The van der Waals surface area contributed by atoms with Crippen LogP contribution in [-0.4, -0.2) is 24.4 Å². The molecule has 0 aliphatic heterocycles. The van der Waals surface area contributed by atoms with Crippen molar-refractivity contribution in [1.82, 2.24) is 10.6 Å². The lowest BCUT2D eigenvalue weighted by molar-refractivity contribution is -0.120. The summed E-state index contributed by atoms with van der Waals surface area (Å²) in [5, 5.41) is 4.82. The minimum Gasteiger partial charge on any atom is -0.352 e. The molecule has 8 heteroatoms. The van der Waals surface area contributed by atoms with Crippen LogP contribution >= 0.6 is 0 Å². The summed E-state index contributed by atoms with van der Waals surface area (Å²) in [5.41, 5.74) is 1.09. The molecule has 0 aliphatic carbocycles. The van der Waals surface area contributed by atoms with Crippen molar-refractivity contribution in [1.29, 1.82) is 0 Å². The number of benzene rings is 1. The topological polar surface area (TPSA) is 96.2 Å². The third-order valence-electron chi connectivity index (χ3n) is 2.31. The molecule has 0 bridgehead atoms. The summed E-state index contributed by atoms with van der Waals surface area (Å²) in [5.74, 6) is 1.79. The summed E-state index contributed by atoms with van der Waals surface area (Å²) in [6.07, 6.45) is 0. The van der Waals surface area contributed by atoms with Crippen LogP contribution in [0, 0.1) is 11.6 Å². The molecule has 0 fully saturated rings. The molecule has 1 aromatic carbocycles. The maximum atomic E-state index is 13.4. The highest BCUT2D eigenvalue weighted by Crippen LogP contribution is 2.19. The van der Waals surface area contributed by atoms with Gasteiger partial charge in [0, 0.05) is 11.6 Å². The van der Waals surface area contributed by atoms with Crippen LogP contribution in [0.4, 0.5) is 14.5 Å². The normalized spacial score (nSPS) is 10.3. The van der Waals surface area contributed by atoms with Crippen LogP contribution in [0.15, 0.2) is 12.1 Å². The molecule has 0 spiro atoms. The third-order valence-corrected chi connectivity index (χ3v) is 2.31. The van der Waals surface area contributed by atoms with Crippen LogP contribution in [0.3, 0.4) is 0 Å². The van der Waals surface area contributed by atoms with Gasteiger partial charge in [-0.3, -0.25) is 15.4 Å². The van der Waals surface area contributed by atoms with E-state index in [-0.39, 0.29) is 18.2 Å². The number of nitrogens with two attached hydrogens (primary N) is 1. The second-order valence-corrected chi connectivity index (χ2v) is 4.36. The molecule has 0 atom stereocenters. The number of nitrogen functional groups attached to an aromatic ring is 1. The van der Waals surface area contributed by atoms with E-state index in [1.807, 2.05) is 5.43 Å². The van der Waals surface area contributed by atoms with E-state index in [0.29, 0.717) is 0 Å². The van der Waals surface area contributed by atoms with E-state index in [9.17, 15) is 18.4 Å². The van der Waals surface area contributed by atoms with Crippen molar-refractivity contribution in [3.8, 4) is 0 Å². The fourth-order valence-electron chi connectivity index (χ4n) is 1.48. The largest absolute Gasteiger partial charge is 0.352 e. The molecule has 0 saturated heterocycles. The first kappa shape index (κ1) is 15.8. The van der Waals surface area contributed by atoms with Crippen LogP contribution in [0.1, 0.15) is 24.2 Å². The molecule has 6 nitrogen and oxygen atoms in total. The highest BCUT2D eigenvalue weighted by molar-refractivity contribution is 5.96.